The number of hydrogen-bond acceptors (Lipinski definition) is 3. The summed E-state index contributed by atoms with van der Waals surface area (Å²) < 4.78 is 23.8. The van der Waals surface area contributed by atoms with Gasteiger partial charge < -0.3 is 14.6 Å². The Morgan fingerprint density at radius 1 is 1.47 bits per heavy atom. The van der Waals surface area contributed by atoms with Gasteiger partial charge in [-0.05, 0) is 15.9 Å². The molecular weight excluding hydrogens is 271 g/mol. The summed E-state index contributed by atoms with van der Waals surface area (Å²) in [7, 11) is 0. The highest BCUT2D eigenvalue weighted by Crippen LogP contribution is 2.40. The molecule has 1 heterocycles. The number of carbonyl (C=O) groups is 1. The maximum absolute atomic E-state index is 13.5. The summed E-state index contributed by atoms with van der Waals surface area (Å²) in [5.41, 5.74) is -0.439. The summed E-state index contributed by atoms with van der Waals surface area (Å²) in [6.07, 6.45) is 0. The number of halogens is 2. The molecule has 0 saturated carbocycles. The number of benzene rings is 1. The van der Waals surface area contributed by atoms with E-state index < -0.39 is 17.3 Å². The third kappa shape index (κ3) is 1.65. The maximum atomic E-state index is 13.5. The van der Waals surface area contributed by atoms with E-state index in [0.717, 1.165) is 6.07 Å². The molecule has 0 aliphatic carbocycles. The molecule has 2 rings (SSSR count). The lowest BCUT2D eigenvalue weighted by atomic mass is 10.2. The van der Waals surface area contributed by atoms with Gasteiger partial charge in [0, 0.05) is 6.07 Å². The van der Waals surface area contributed by atoms with Crippen LogP contribution in [-0.4, -0.2) is 24.3 Å². The second kappa shape index (κ2) is 3.69. The van der Waals surface area contributed by atoms with Crippen molar-refractivity contribution in [3.8, 4) is 11.5 Å². The first kappa shape index (κ1) is 10.2. The average molecular weight is 277 g/mol. The van der Waals surface area contributed by atoms with Crippen LogP contribution in [0, 0.1) is 5.82 Å². The molecule has 1 aliphatic heterocycles. The lowest BCUT2D eigenvalue weighted by molar-refractivity contribution is 0.0690. The van der Waals surface area contributed by atoms with Crippen LogP contribution in [0.3, 0.4) is 0 Å². The van der Waals surface area contributed by atoms with Gasteiger partial charge in [0.2, 0.25) is 0 Å². The van der Waals surface area contributed by atoms with Crippen molar-refractivity contribution < 1.29 is 23.8 Å². The molecule has 1 aliphatic rings. The van der Waals surface area contributed by atoms with Crippen molar-refractivity contribution in [1.29, 1.82) is 0 Å². The number of fused-ring (bicyclic) bond motifs is 1. The lowest BCUT2D eigenvalue weighted by Crippen LogP contribution is -2.17. The summed E-state index contributed by atoms with van der Waals surface area (Å²) in [6.45, 7) is 0.640. The first-order chi connectivity index (χ1) is 7.11. The van der Waals surface area contributed by atoms with E-state index in [1.807, 2.05) is 0 Å². The fraction of sp³-hybridized carbons (Fsp3) is 0.222. The molecule has 0 fully saturated rings. The predicted octanol–water partition coefficient (Wildman–Crippen LogP) is 2.06. The number of rotatable bonds is 1. The van der Waals surface area contributed by atoms with Crippen LogP contribution >= 0.6 is 15.9 Å². The van der Waals surface area contributed by atoms with Gasteiger partial charge in [-0.2, -0.15) is 0 Å². The average Bonchev–Trinajstić information content (AvgIpc) is 2.23. The van der Waals surface area contributed by atoms with E-state index in [1.54, 1.807) is 0 Å². The Balaban J connectivity index is 2.63. The normalized spacial score (nSPS) is 13.7. The van der Waals surface area contributed by atoms with Crippen molar-refractivity contribution in [1.82, 2.24) is 0 Å². The topological polar surface area (TPSA) is 55.8 Å². The van der Waals surface area contributed by atoms with E-state index in [-0.39, 0.29) is 16.0 Å². The highest BCUT2D eigenvalue weighted by Gasteiger charge is 2.24. The van der Waals surface area contributed by atoms with E-state index in [1.165, 1.54) is 0 Å². The highest BCUT2D eigenvalue weighted by molar-refractivity contribution is 9.10. The molecule has 0 saturated heterocycles. The minimum absolute atomic E-state index is 0.0166. The molecule has 1 N–H and O–H groups in total. The third-order valence-corrected chi connectivity index (χ3v) is 2.65. The summed E-state index contributed by atoms with van der Waals surface area (Å²) in [5.74, 6) is -1.74. The molecule has 0 unspecified atom stereocenters. The SMILES string of the molecule is O=C(O)c1cc2c(c(Br)c1F)OCCO2. The molecule has 15 heavy (non-hydrogen) atoms. The Morgan fingerprint density at radius 2 is 2.13 bits per heavy atom. The van der Waals surface area contributed by atoms with E-state index in [4.69, 9.17) is 14.6 Å². The van der Waals surface area contributed by atoms with Crippen LogP contribution in [0.1, 0.15) is 10.4 Å². The standard InChI is InChI=1S/C9H6BrFO4/c10-6-7(11)4(9(12)13)3-5-8(6)15-2-1-14-5/h3H,1-2H2,(H,12,13). The van der Waals surface area contributed by atoms with Crippen LogP contribution in [0.15, 0.2) is 10.5 Å². The van der Waals surface area contributed by atoms with E-state index >= 15 is 0 Å². The van der Waals surface area contributed by atoms with Crippen LogP contribution in [-0.2, 0) is 0 Å². The van der Waals surface area contributed by atoms with E-state index in [9.17, 15) is 9.18 Å². The molecule has 0 amide bonds. The number of aromatic carboxylic acids is 1. The molecule has 6 heteroatoms. The monoisotopic (exact) mass is 276 g/mol. The number of carboxylic acids is 1. The Hall–Kier alpha value is -1.30. The van der Waals surface area contributed by atoms with Crippen LogP contribution < -0.4 is 9.47 Å². The van der Waals surface area contributed by atoms with Crippen LogP contribution in [0.25, 0.3) is 0 Å². The molecule has 0 atom stereocenters. The fourth-order valence-corrected chi connectivity index (χ4v) is 1.80. The van der Waals surface area contributed by atoms with Crippen molar-refractivity contribution >= 4 is 21.9 Å². The third-order valence-electron chi connectivity index (χ3n) is 1.95. The van der Waals surface area contributed by atoms with E-state index in [0.29, 0.717) is 13.2 Å². The van der Waals surface area contributed by atoms with Crippen molar-refractivity contribution in [2.75, 3.05) is 13.2 Å². The van der Waals surface area contributed by atoms with Crippen LogP contribution in [0.5, 0.6) is 11.5 Å². The molecule has 1 aromatic carbocycles. The van der Waals surface area contributed by atoms with Crippen molar-refractivity contribution in [2.24, 2.45) is 0 Å². The molecule has 1 aromatic rings. The Kier molecular flexibility index (Phi) is 2.52. The maximum Gasteiger partial charge on any atom is 0.338 e. The first-order valence-electron chi connectivity index (χ1n) is 4.12. The van der Waals surface area contributed by atoms with Gasteiger partial charge in [-0.1, -0.05) is 0 Å². The molecule has 0 spiro atoms. The Bertz CT molecular complexity index is 433. The predicted molar refractivity (Wildman–Crippen MR) is 52.0 cm³/mol. The first-order valence-corrected chi connectivity index (χ1v) is 4.91. The van der Waals surface area contributed by atoms with Gasteiger partial charge in [0.25, 0.3) is 0 Å². The van der Waals surface area contributed by atoms with Gasteiger partial charge >= 0.3 is 5.97 Å². The molecular formula is C9H6BrFO4. The van der Waals surface area contributed by atoms with Gasteiger partial charge in [0.1, 0.15) is 23.2 Å². The second-order valence-corrected chi connectivity index (χ2v) is 3.67. The van der Waals surface area contributed by atoms with Crippen molar-refractivity contribution in [2.45, 2.75) is 0 Å². The summed E-state index contributed by atoms with van der Waals surface area (Å²) in [5, 5.41) is 8.73. The van der Waals surface area contributed by atoms with Gasteiger partial charge in [0.15, 0.2) is 17.3 Å². The van der Waals surface area contributed by atoms with Crippen LogP contribution in [0.4, 0.5) is 4.39 Å². The zero-order valence-corrected chi connectivity index (χ0v) is 9.01. The van der Waals surface area contributed by atoms with E-state index in [2.05, 4.69) is 15.9 Å². The summed E-state index contributed by atoms with van der Waals surface area (Å²) in [4.78, 5) is 10.7. The number of ether oxygens (including phenoxy) is 2. The van der Waals surface area contributed by atoms with Crippen molar-refractivity contribution in [3.63, 3.8) is 0 Å². The molecule has 0 bridgehead atoms. The zero-order valence-electron chi connectivity index (χ0n) is 7.42. The van der Waals surface area contributed by atoms with Crippen molar-refractivity contribution in [3.05, 3.63) is 21.9 Å². The number of hydrogen-bond donors (Lipinski definition) is 1. The summed E-state index contributed by atoms with van der Waals surface area (Å²) in [6, 6.07) is 1.12. The minimum Gasteiger partial charge on any atom is -0.486 e. The van der Waals surface area contributed by atoms with Crippen LogP contribution in [0.2, 0.25) is 0 Å². The lowest BCUT2D eigenvalue weighted by Gasteiger charge is -2.20. The van der Waals surface area contributed by atoms with Gasteiger partial charge in [-0.15, -0.1) is 0 Å². The van der Waals surface area contributed by atoms with Gasteiger partial charge in [-0.25, -0.2) is 9.18 Å². The quantitative estimate of drug-likeness (QED) is 0.853. The smallest absolute Gasteiger partial charge is 0.338 e. The highest BCUT2D eigenvalue weighted by atomic mass is 79.9. The largest absolute Gasteiger partial charge is 0.486 e. The molecule has 4 nitrogen and oxygen atoms in total. The second-order valence-electron chi connectivity index (χ2n) is 2.88. The fourth-order valence-electron chi connectivity index (χ4n) is 1.28. The van der Waals surface area contributed by atoms with Gasteiger partial charge in [0.05, 0.1) is 0 Å². The molecule has 80 valence electrons. The Labute approximate surface area is 92.7 Å². The summed E-state index contributed by atoms with van der Waals surface area (Å²) >= 11 is 2.94. The Morgan fingerprint density at radius 3 is 2.80 bits per heavy atom. The minimum atomic E-state index is -1.34. The molecule has 0 radical (unpaired) electrons. The van der Waals surface area contributed by atoms with Gasteiger partial charge in [-0.3, -0.25) is 0 Å². The number of carboxylic acid groups (broad SMARTS) is 1. The zero-order chi connectivity index (χ0) is 11.0. The molecule has 0 aromatic heterocycles.